The van der Waals surface area contributed by atoms with E-state index in [4.69, 9.17) is 11.6 Å². The summed E-state index contributed by atoms with van der Waals surface area (Å²) in [5.41, 5.74) is 1.60. The summed E-state index contributed by atoms with van der Waals surface area (Å²) in [5.74, 6) is -0.144. The number of rotatable bonds is 5. The lowest BCUT2D eigenvalue weighted by Gasteiger charge is -2.33. The maximum Gasteiger partial charge on any atom is 0.243 e. The molecule has 0 bridgehead atoms. The minimum absolute atomic E-state index is 0.144. The van der Waals surface area contributed by atoms with Crippen molar-refractivity contribution < 1.29 is 13.2 Å². The topological polar surface area (TPSA) is 69.7 Å². The Hall–Kier alpha value is -1.93. The zero-order valence-electron chi connectivity index (χ0n) is 15.1. The molecule has 1 saturated heterocycles. The molecule has 0 radical (unpaired) electrons. The number of carbonyl (C=O) groups excluding carboxylic acids is 1. The Bertz CT molecular complexity index is 911. The van der Waals surface area contributed by atoms with Crippen molar-refractivity contribution in [3.05, 3.63) is 59.1 Å². The van der Waals surface area contributed by atoms with Gasteiger partial charge in [0.15, 0.2) is 0 Å². The SMILES string of the molecule is Cc1ccc(NC(=O)CN2CCN(S(=O)(=O)c3ccccc3)CC2)cc1Cl. The molecule has 2 aromatic carbocycles. The smallest absolute Gasteiger partial charge is 0.243 e. The molecule has 144 valence electrons. The van der Waals surface area contributed by atoms with Crippen LogP contribution in [0.5, 0.6) is 0 Å². The summed E-state index contributed by atoms with van der Waals surface area (Å²) in [7, 11) is -3.48. The molecule has 3 rings (SSSR count). The summed E-state index contributed by atoms with van der Waals surface area (Å²) in [6.07, 6.45) is 0. The van der Waals surface area contributed by atoms with E-state index in [1.165, 1.54) is 4.31 Å². The highest BCUT2D eigenvalue weighted by atomic mass is 35.5. The number of nitrogens with zero attached hydrogens (tertiary/aromatic N) is 2. The summed E-state index contributed by atoms with van der Waals surface area (Å²) in [6, 6.07) is 13.8. The van der Waals surface area contributed by atoms with Gasteiger partial charge in [0, 0.05) is 36.9 Å². The summed E-state index contributed by atoms with van der Waals surface area (Å²) in [4.78, 5) is 14.5. The van der Waals surface area contributed by atoms with E-state index >= 15 is 0 Å². The number of hydrogen-bond acceptors (Lipinski definition) is 4. The van der Waals surface area contributed by atoms with E-state index in [0.717, 1.165) is 5.56 Å². The number of aryl methyl sites for hydroxylation is 1. The van der Waals surface area contributed by atoms with Gasteiger partial charge < -0.3 is 5.32 Å². The summed E-state index contributed by atoms with van der Waals surface area (Å²) in [5, 5.41) is 3.43. The second-order valence-corrected chi connectivity index (χ2v) is 8.85. The Labute approximate surface area is 164 Å². The maximum atomic E-state index is 12.6. The van der Waals surface area contributed by atoms with Crippen molar-refractivity contribution >= 4 is 33.2 Å². The van der Waals surface area contributed by atoms with Crippen molar-refractivity contribution in [3.63, 3.8) is 0 Å². The van der Waals surface area contributed by atoms with Gasteiger partial charge in [-0.2, -0.15) is 4.31 Å². The molecule has 0 saturated carbocycles. The maximum absolute atomic E-state index is 12.6. The quantitative estimate of drug-likeness (QED) is 0.827. The van der Waals surface area contributed by atoms with Gasteiger partial charge >= 0.3 is 0 Å². The average molecular weight is 408 g/mol. The highest BCUT2D eigenvalue weighted by molar-refractivity contribution is 7.89. The van der Waals surface area contributed by atoms with Gasteiger partial charge in [0.05, 0.1) is 11.4 Å². The Kier molecular flexibility index (Phi) is 6.16. The molecule has 1 amide bonds. The second-order valence-electron chi connectivity index (χ2n) is 6.51. The van der Waals surface area contributed by atoms with Crippen molar-refractivity contribution in [1.82, 2.24) is 9.21 Å². The molecule has 8 heteroatoms. The number of sulfonamides is 1. The zero-order valence-corrected chi connectivity index (χ0v) is 16.6. The first-order chi connectivity index (χ1) is 12.9. The van der Waals surface area contributed by atoms with Crippen LogP contribution in [0.1, 0.15) is 5.56 Å². The molecular weight excluding hydrogens is 386 g/mol. The van der Waals surface area contributed by atoms with Crippen LogP contribution in [0.4, 0.5) is 5.69 Å². The largest absolute Gasteiger partial charge is 0.325 e. The molecule has 1 aliphatic heterocycles. The van der Waals surface area contributed by atoms with Crippen LogP contribution in [0, 0.1) is 6.92 Å². The van der Waals surface area contributed by atoms with Gasteiger partial charge in [-0.1, -0.05) is 35.9 Å². The van der Waals surface area contributed by atoms with E-state index < -0.39 is 10.0 Å². The Morgan fingerprint density at radius 2 is 1.74 bits per heavy atom. The van der Waals surface area contributed by atoms with Gasteiger partial charge in [0.25, 0.3) is 0 Å². The second kappa shape index (κ2) is 8.39. The number of nitrogens with one attached hydrogen (secondary N) is 1. The first-order valence-electron chi connectivity index (χ1n) is 8.70. The van der Waals surface area contributed by atoms with Crippen molar-refractivity contribution in [2.75, 3.05) is 38.0 Å². The third-order valence-electron chi connectivity index (χ3n) is 4.54. The number of piperazine rings is 1. The van der Waals surface area contributed by atoms with Gasteiger partial charge in [-0.15, -0.1) is 0 Å². The lowest BCUT2D eigenvalue weighted by Crippen LogP contribution is -2.50. The molecule has 1 heterocycles. The third-order valence-corrected chi connectivity index (χ3v) is 6.86. The van der Waals surface area contributed by atoms with Gasteiger partial charge in [0.2, 0.25) is 15.9 Å². The van der Waals surface area contributed by atoms with Crippen LogP contribution in [-0.4, -0.2) is 56.3 Å². The molecule has 1 fully saturated rings. The monoisotopic (exact) mass is 407 g/mol. The van der Waals surface area contributed by atoms with Crippen LogP contribution < -0.4 is 5.32 Å². The van der Waals surface area contributed by atoms with Crippen LogP contribution in [0.3, 0.4) is 0 Å². The lowest BCUT2D eigenvalue weighted by molar-refractivity contribution is -0.117. The number of halogens is 1. The predicted octanol–water partition coefficient (Wildman–Crippen LogP) is 2.59. The molecule has 0 aliphatic carbocycles. The van der Waals surface area contributed by atoms with Crippen LogP contribution >= 0.6 is 11.6 Å². The molecule has 0 spiro atoms. The van der Waals surface area contributed by atoms with E-state index in [1.54, 1.807) is 36.4 Å². The molecule has 2 aromatic rings. The Morgan fingerprint density at radius 3 is 2.37 bits per heavy atom. The van der Waals surface area contributed by atoms with Gasteiger partial charge in [-0.05, 0) is 36.8 Å². The average Bonchev–Trinajstić information content (AvgIpc) is 2.66. The highest BCUT2D eigenvalue weighted by Gasteiger charge is 2.28. The van der Waals surface area contributed by atoms with Crippen LogP contribution in [0.25, 0.3) is 0 Å². The first kappa shape index (κ1) is 19.8. The molecule has 0 aromatic heterocycles. The Morgan fingerprint density at radius 1 is 1.07 bits per heavy atom. The number of hydrogen-bond donors (Lipinski definition) is 1. The zero-order chi connectivity index (χ0) is 19.4. The van der Waals surface area contributed by atoms with Crippen molar-refractivity contribution in [2.45, 2.75) is 11.8 Å². The number of carbonyl (C=O) groups is 1. The number of amides is 1. The van der Waals surface area contributed by atoms with E-state index in [2.05, 4.69) is 5.32 Å². The molecule has 0 atom stereocenters. The molecule has 1 N–H and O–H groups in total. The van der Waals surface area contributed by atoms with Crippen molar-refractivity contribution in [3.8, 4) is 0 Å². The Balaban J connectivity index is 1.53. The van der Waals surface area contributed by atoms with Gasteiger partial charge in [0.1, 0.15) is 0 Å². The predicted molar refractivity (Wildman–Crippen MR) is 106 cm³/mol. The standard InChI is InChI=1S/C19H22ClN3O3S/c1-15-7-8-16(13-18(15)20)21-19(24)14-22-9-11-23(12-10-22)27(25,26)17-5-3-2-4-6-17/h2-8,13H,9-12,14H2,1H3,(H,21,24). The molecule has 1 aliphatic rings. The summed E-state index contributed by atoms with van der Waals surface area (Å²) in [6.45, 7) is 3.85. The minimum Gasteiger partial charge on any atom is -0.325 e. The van der Waals surface area contributed by atoms with E-state index in [1.807, 2.05) is 24.0 Å². The molecule has 6 nitrogen and oxygen atoms in total. The van der Waals surface area contributed by atoms with Crippen molar-refractivity contribution in [2.24, 2.45) is 0 Å². The van der Waals surface area contributed by atoms with E-state index in [0.29, 0.717) is 41.8 Å². The summed E-state index contributed by atoms with van der Waals surface area (Å²) >= 11 is 6.07. The third kappa shape index (κ3) is 4.87. The molecular formula is C19H22ClN3O3S. The van der Waals surface area contributed by atoms with Crippen LogP contribution in [0.2, 0.25) is 5.02 Å². The normalized spacial score (nSPS) is 16.2. The summed E-state index contributed by atoms with van der Waals surface area (Å²) < 4.78 is 26.7. The number of benzene rings is 2. The van der Waals surface area contributed by atoms with Crippen LogP contribution in [0.15, 0.2) is 53.4 Å². The van der Waals surface area contributed by atoms with E-state index in [-0.39, 0.29) is 12.5 Å². The lowest BCUT2D eigenvalue weighted by atomic mass is 10.2. The number of anilines is 1. The molecule has 27 heavy (non-hydrogen) atoms. The first-order valence-corrected chi connectivity index (χ1v) is 10.5. The minimum atomic E-state index is -3.48. The fourth-order valence-electron chi connectivity index (χ4n) is 2.94. The van der Waals surface area contributed by atoms with Crippen molar-refractivity contribution in [1.29, 1.82) is 0 Å². The van der Waals surface area contributed by atoms with Crippen LogP contribution in [-0.2, 0) is 14.8 Å². The highest BCUT2D eigenvalue weighted by Crippen LogP contribution is 2.20. The van der Waals surface area contributed by atoms with E-state index in [9.17, 15) is 13.2 Å². The van der Waals surface area contributed by atoms with Gasteiger partial charge in [-0.25, -0.2) is 8.42 Å². The van der Waals surface area contributed by atoms with Gasteiger partial charge in [-0.3, -0.25) is 9.69 Å². The molecule has 0 unspecified atom stereocenters. The fourth-order valence-corrected chi connectivity index (χ4v) is 4.57. The fraction of sp³-hybridized carbons (Fsp3) is 0.316.